The average molecular weight is 525 g/mol. The Morgan fingerprint density at radius 2 is 1.63 bits per heavy atom. The number of allylic oxidation sites excluding steroid dienone is 1. The van der Waals surface area contributed by atoms with Crippen molar-refractivity contribution in [2.45, 2.75) is 32.0 Å². The molecule has 1 amide bonds. The fraction of sp³-hybridized carbons (Fsp3) is 0.185. The van der Waals surface area contributed by atoms with E-state index in [0.717, 1.165) is 22.7 Å². The van der Waals surface area contributed by atoms with E-state index in [0.29, 0.717) is 11.3 Å². The van der Waals surface area contributed by atoms with Gasteiger partial charge in [0.05, 0.1) is 5.69 Å². The van der Waals surface area contributed by atoms with Crippen LogP contribution < -0.4 is 26.6 Å². The van der Waals surface area contributed by atoms with Crippen LogP contribution in [0.15, 0.2) is 78.2 Å². The van der Waals surface area contributed by atoms with E-state index in [2.05, 4.69) is 5.32 Å². The minimum Gasteiger partial charge on any atom is -0.478 e. The van der Waals surface area contributed by atoms with Crippen molar-refractivity contribution in [3.63, 3.8) is 0 Å². The molecule has 1 aliphatic rings. The maximum atomic E-state index is 14.7. The van der Waals surface area contributed by atoms with Crippen molar-refractivity contribution in [1.82, 2.24) is 5.32 Å². The molecule has 9 nitrogen and oxygen atoms in total. The first-order chi connectivity index (χ1) is 18.1. The smallest absolute Gasteiger partial charge is 0.413 e. The lowest BCUT2D eigenvalue weighted by Crippen LogP contribution is -2.41. The van der Waals surface area contributed by atoms with Crippen molar-refractivity contribution in [3.8, 4) is 16.9 Å². The van der Waals surface area contributed by atoms with Crippen LogP contribution in [-0.2, 0) is 16.1 Å². The van der Waals surface area contributed by atoms with Gasteiger partial charge in [0.1, 0.15) is 12.4 Å². The van der Waals surface area contributed by atoms with Crippen molar-refractivity contribution in [2.24, 2.45) is 11.6 Å². The van der Waals surface area contributed by atoms with Gasteiger partial charge in [-0.15, -0.1) is 0 Å². The topological polar surface area (TPSA) is 140 Å². The molecule has 38 heavy (non-hydrogen) atoms. The molecular weight excluding hydrogens is 498 g/mol. The highest BCUT2D eigenvalue weighted by Crippen LogP contribution is 2.42. The number of amides is 1. The summed E-state index contributed by atoms with van der Waals surface area (Å²) in [6.07, 6.45) is -0.402. The average Bonchev–Trinajstić information content (AvgIpc) is 3.69. The van der Waals surface area contributed by atoms with Crippen molar-refractivity contribution in [2.75, 3.05) is 5.01 Å². The van der Waals surface area contributed by atoms with E-state index in [4.69, 9.17) is 21.1 Å². The predicted octanol–water partition coefficient (Wildman–Crippen LogP) is 4.38. The first-order valence-electron chi connectivity index (χ1n) is 11.6. The predicted molar refractivity (Wildman–Crippen MR) is 135 cm³/mol. The first-order valence-corrected chi connectivity index (χ1v) is 11.6. The van der Waals surface area contributed by atoms with Crippen molar-refractivity contribution >= 4 is 17.7 Å². The number of rotatable bonds is 9. The fourth-order valence-electron chi connectivity index (χ4n) is 3.64. The Morgan fingerprint density at radius 1 is 1.03 bits per heavy atom. The van der Waals surface area contributed by atoms with E-state index < -0.39 is 35.0 Å². The van der Waals surface area contributed by atoms with E-state index in [9.17, 15) is 23.5 Å². The van der Waals surface area contributed by atoms with Crippen LogP contribution in [0.5, 0.6) is 5.75 Å². The molecule has 6 N–H and O–H groups in total. The lowest BCUT2D eigenvalue weighted by Gasteiger charge is -2.23. The summed E-state index contributed by atoms with van der Waals surface area (Å²) in [6.45, 7) is 1.60. The number of nitrogens with zero attached hydrogens (tertiary/aromatic N) is 1. The van der Waals surface area contributed by atoms with E-state index in [1.165, 1.54) is 0 Å². The minimum atomic E-state index is -1.58. The third-order valence-electron chi connectivity index (χ3n) is 5.92. The van der Waals surface area contributed by atoms with Crippen LogP contribution in [0, 0.1) is 11.6 Å². The number of carboxylic acids is 1. The molecule has 0 aliphatic heterocycles. The van der Waals surface area contributed by atoms with E-state index >= 15 is 0 Å². The Kier molecular flexibility index (Phi) is 7.49. The number of halogens is 2. The van der Waals surface area contributed by atoms with E-state index in [1.807, 2.05) is 30.3 Å². The van der Waals surface area contributed by atoms with Gasteiger partial charge in [-0.1, -0.05) is 42.5 Å². The molecule has 1 saturated carbocycles. The Hall–Kier alpha value is -4.64. The SMILES string of the molecule is C/C(N)=C(\NC(=O)OCc1ccccc1)N(N)c1ccc(-c2cc(F)c(OC3(C(=O)O)CC3)c(F)c2)cc1. The molecule has 3 aromatic rings. The molecule has 198 valence electrons. The van der Waals surface area contributed by atoms with Crippen LogP contribution in [0.1, 0.15) is 25.3 Å². The molecule has 0 radical (unpaired) electrons. The van der Waals surface area contributed by atoms with Crippen molar-refractivity contribution in [1.29, 1.82) is 0 Å². The molecule has 0 spiro atoms. The normalized spacial score (nSPS) is 14.2. The number of anilines is 1. The molecule has 1 aliphatic carbocycles. The number of nitrogens with two attached hydrogens (primary N) is 2. The van der Waals surface area contributed by atoms with Gasteiger partial charge in [0, 0.05) is 18.5 Å². The number of nitrogens with one attached hydrogen (secondary N) is 1. The number of carbonyl (C=O) groups excluding carboxylic acids is 1. The number of carboxylic acid groups (broad SMARTS) is 1. The molecule has 4 rings (SSSR count). The van der Waals surface area contributed by atoms with Crippen LogP contribution in [0.4, 0.5) is 19.3 Å². The summed E-state index contributed by atoms with van der Waals surface area (Å²) in [6, 6.07) is 17.5. The first kappa shape index (κ1) is 26.4. The Bertz CT molecular complexity index is 1350. The zero-order valence-electron chi connectivity index (χ0n) is 20.4. The maximum absolute atomic E-state index is 14.7. The quantitative estimate of drug-likeness (QED) is 0.239. The minimum absolute atomic E-state index is 0.0527. The number of benzene rings is 3. The number of alkyl carbamates (subject to hydrolysis) is 1. The van der Waals surface area contributed by atoms with Crippen LogP contribution in [0.2, 0.25) is 0 Å². The van der Waals surface area contributed by atoms with Gasteiger partial charge in [-0.2, -0.15) is 0 Å². The van der Waals surface area contributed by atoms with Crippen LogP contribution in [-0.4, -0.2) is 22.8 Å². The third kappa shape index (κ3) is 5.84. The molecular formula is C27H26F2N4O5. The van der Waals surface area contributed by atoms with Gasteiger partial charge in [0.25, 0.3) is 0 Å². The molecule has 0 bridgehead atoms. The summed E-state index contributed by atoms with van der Waals surface area (Å²) in [5, 5.41) is 12.9. The van der Waals surface area contributed by atoms with Crippen LogP contribution in [0.25, 0.3) is 11.1 Å². The molecule has 0 saturated heterocycles. The summed E-state index contributed by atoms with van der Waals surface area (Å²) in [4.78, 5) is 23.6. The Morgan fingerprint density at radius 3 is 2.16 bits per heavy atom. The summed E-state index contributed by atoms with van der Waals surface area (Å²) < 4.78 is 39.7. The van der Waals surface area contributed by atoms with Gasteiger partial charge in [0.15, 0.2) is 17.4 Å². The number of aliphatic carboxylic acids is 1. The second-order valence-electron chi connectivity index (χ2n) is 8.81. The molecule has 0 aromatic heterocycles. The summed E-state index contributed by atoms with van der Waals surface area (Å²) in [5.74, 6) is 2.25. The molecule has 0 heterocycles. The summed E-state index contributed by atoms with van der Waals surface area (Å²) in [7, 11) is 0. The maximum Gasteiger partial charge on any atom is 0.413 e. The monoisotopic (exact) mass is 524 g/mol. The third-order valence-corrected chi connectivity index (χ3v) is 5.92. The standard InChI is InChI=1S/C27H26F2N4O5/c1-16(30)24(32-26(36)37-15-17-5-3-2-4-6-17)33(31)20-9-7-18(8-10-20)19-13-21(28)23(22(29)14-19)38-27(11-12-27)25(34)35/h2-10,13-14H,11-12,15,30-31H2,1H3,(H,32,36)(H,34,35)/b24-16-. The fourth-order valence-corrected chi connectivity index (χ4v) is 3.64. The van der Waals surface area contributed by atoms with Crippen molar-refractivity contribution < 1.29 is 33.0 Å². The number of ether oxygens (including phenoxy) is 2. The van der Waals surface area contributed by atoms with Gasteiger partial charge < -0.3 is 20.3 Å². The van der Waals surface area contributed by atoms with Crippen LogP contribution >= 0.6 is 0 Å². The highest BCUT2D eigenvalue weighted by molar-refractivity contribution is 5.81. The highest BCUT2D eigenvalue weighted by atomic mass is 19.1. The highest BCUT2D eigenvalue weighted by Gasteiger charge is 2.54. The zero-order valence-corrected chi connectivity index (χ0v) is 20.4. The zero-order chi connectivity index (χ0) is 27.4. The Labute approximate surface area is 217 Å². The number of hydrazine groups is 1. The van der Waals surface area contributed by atoms with Gasteiger partial charge in [-0.3, -0.25) is 10.3 Å². The molecule has 0 atom stereocenters. The summed E-state index contributed by atoms with van der Waals surface area (Å²) >= 11 is 0. The second-order valence-corrected chi connectivity index (χ2v) is 8.81. The molecule has 1 fully saturated rings. The van der Waals surface area contributed by atoms with Gasteiger partial charge in [-0.25, -0.2) is 24.2 Å². The number of hydrogen-bond acceptors (Lipinski definition) is 7. The summed E-state index contributed by atoms with van der Waals surface area (Å²) in [5.41, 5.74) is 6.43. The van der Waals surface area contributed by atoms with E-state index in [1.54, 1.807) is 31.2 Å². The van der Waals surface area contributed by atoms with Crippen LogP contribution in [0.3, 0.4) is 0 Å². The number of carbonyl (C=O) groups is 2. The van der Waals surface area contributed by atoms with Gasteiger partial charge in [-0.05, 0) is 47.9 Å². The van der Waals surface area contributed by atoms with Gasteiger partial charge in [0.2, 0.25) is 5.60 Å². The molecule has 3 aromatic carbocycles. The van der Waals surface area contributed by atoms with Crippen molar-refractivity contribution in [3.05, 3.63) is 95.4 Å². The molecule has 0 unspecified atom stereocenters. The molecule has 11 heteroatoms. The Balaban J connectivity index is 1.45. The van der Waals surface area contributed by atoms with Gasteiger partial charge >= 0.3 is 12.1 Å². The van der Waals surface area contributed by atoms with E-state index in [-0.39, 0.29) is 36.5 Å². The second kappa shape index (κ2) is 10.8. The largest absolute Gasteiger partial charge is 0.478 e. The lowest BCUT2D eigenvalue weighted by atomic mass is 10.0. The lowest BCUT2D eigenvalue weighted by molar-refractivity contribution is -0.147. The number of hydrogen-bond donors (Lipinski definition) is 4.